The van der Waals surface area contributed by atoms with E-state index < -0.39 is 0 Å². The van der Waals surface area contributed by atoms with Crippen molar-refractivity contribution in [3.05, 3.63) is 30.1 Å². The first-order valence-corrected chi connectivity index (χ1v) is 6.66. The molecule has 1 saturated carbocycles. The highest BCUT2D eigenvalue weighted by Gasteiger charge is 2.40. The van der Waals surface area contributed by atoms with Gasteiger partial charge in [0.25, 0.3) is 0 Å². The van der Waals surface area contributed by atoms with Crippen LogP contribution in [0.1, 0.15) is 43.8 Å². The van der Waals surface area contributed by atoms with Crippen molar-refractivity contribution >= 4 is 6.21 Å². The van der Waals surface area contributed by atoms with E-state index >= 15 is 0 Å². The summed E-state index contributed by atoms with van der Waals surface area (Å²) in [6, 6.07) is 5.99. The third-order valence-electron chi connectivity index (χ3n) is 4.26. The molecule has 2 heterocycles. The molecule has 1 aromatic rings. The summed E-state index contributed by atoms with van der Waals surface area (Å²) in [6.07, 6.45) is 8.96. The normalized spacial score (nSPS) is 32.4. The van der Waals surface area contributed by atoms with Crippen LogP contribution in [0.25, 0.3) is 0 Å². The van der Waals surface area contributed by atoms with Gasteiger partial charge in [0.15, 0.2) is 0 Å². The van der Waals surface area contributed by atoms with Gasteiger partial charge in [0, 0.05) is 24.9 Å². The van der Waals surface area contributed by atoms with Crippen LogP contribution in [-0.4, -0.2) is 16.8 Å². The monoisotopic (exact) mass is 245 g/mol. The van der Waals surface area contributed by atoms with Crippen LogP contribution in [-0.2, 0) is 4.84 Å². The second-order valence-electron chi connectivity index (χ2n) is 5.38. The lowest BCUT2D eigenvalue weighted by Gasteiger charge is -2.36. The first-order chi connectivity index (χ1) is 8.79. The van der Waals surface area contributed by atoms with Gasteiger partial charge in [0.05, 0.1) is 5.69 Å². The molecular weight excluding hydrogens is 226 g/mol. The molecular formula is C14H19N3O. The third kappa shape index (κ3) is 2.12. The van der Waals surface area contributed by atoms with Crippen LogP contribution in [0, 0.1) is 5.92 Å². The van der Waals surface area contributed by atoms with Crippen molar-refractivity contribution in [2.24, 2.45) is 16.8 Å². The molecule has 1 aliphatic heterocycles. The van der Waals surface area contributed by atoms with Crippen LogP contribution in [0.15, 0.2) is 29.6 Å². The molecule has 1 aromatic heterocycles. The highest BCUT2D eigenvalue weighted by molar-refractivity contribution is 5.59. The molecule has 1 fully saturated rings. The van der Waals surface area contributed by atoms with Gasteiger partial charge in [-0.1, -0.05) is 11.2 Å². The Kier molecular flexibility index (Phi) is 3.04. The van der Waals surface area contributed by atoms with Crippen LogP contribution in [0.5, 0.6) is 0 Å². The summed E-state index contributed by atoms with van der Waals surface area (Å²) >= 11 is 0. The van der Waals surface area contributed by atoms with Gasteiger partial charge >= 0.3 is 0 Å². The van der Waals surface area contributed by atoms with E-state index in [0.717, 1.165) is 37.8 Å². The van der Waals surface area contributed by atoms with Gasteiger partial charge in [0.1, 0.15) is 5.60 Å². The molecule has 2 N–H and O–H groups in total. The van der Waals surface area contributed by atoms with Crippen molar-refractivity contribution in [2.75, 3.05) is 0 Å². The zero-order valence-electron chi connectivity index (χ0n) is 10.5. The molecule has 1 unspecified atom stereocenters. The van der Waals surface area contributed by atoms with E-state index in [2.05, 4.69) is 10.1 Å². The lowest BCUT2D eigenvalue weighted by atomic mass is 9.74. The van der Waals surface area contributed by atoms with E-state index in [0.29, 0.717) is 5.92 Å². The minimum absolute atomic E-state index is 0.0136. The first-order valence-electron chi connectivity index (χ1n) is 6.66. The van der Waals surface area contributed by atoms with Gasteiger partial charge in [-0.2, -0.15) is 0 Å². The maximum absolute atomic E-state index is 6.32. The highest BCUT2D eigenvalue weighted by Crippen LogP contribution is 2.42. The Balaban J connectivity index is 1.63. The van der Waals surface area contributed by atoms with Crippen molar-refractivity contribution in [1.29, 1.82) is 0 Å². The third-order valence-corrected chi connectivity index (χ3v) is 4.26. The Morgan fingerprint density at radius 3 is 2.78 bits per heavy atom. The summed E-state index contributed by atoms with van der Waals surface area (Å²) in [4.78, 5) is 9.89. The van der Waals surface area contributed by atoms with Crippen LogP contribution >= 0.6 is 0 Å². The van der Waals surface area contributed by atoms with E-state index in [9.17, 15) is 0 Å². The fourth-order valence-corrected chi connectivity index (χ4v) is 3.03. The molecule has 4 heteroatoms. The summed E-state index contributed by atoms with van der Waals surface area (Å²) in [5.41, 5.74) is 7.31. The van der Waals surface area contributed by atoms with Crippen LogP contribution in [0.3, 0.4) is 0 Å². The van der Waals surface area contributed by atoms with Crippen molar-refractivity contribution in [2.45, 2.75) is 43.7 Å². The Hall–Kier alpha value is -1.42. The minimum Gasteiger partial charge on any atom is -0.389 e. The van der Waals surface area contributed by atoms with E-state index in [1.54, 1.807) is 0 Å². The Morgan fingerprint density at radius 1 is 1.33 bits per heavy atom. The van der Waals surface area contributed by atoms with Gasteiger partial charge in [0.2, 0.25) is 0 Å². The maximum Gasteiger partial charge on any atom is 0.142 e. The van der Waals surface area contributed by atoms with Crippen LogP contribution < -0.4 is 5.73 Å². The fourth-order valence-electron chi connectivity index (χ4n) is 3.03. The highest BCUT2D eigenvalue weighted by atomic mass is 16.7. The first kappa shape index (κ1) is 11.7. The average Bonchev–Trinajstić information content (AvgIpc) is 2.88. The van der Waals surface area contributed by atoms with Crippen molar-refractivity contribution in [1.82, 2.24) is 4.98 Å². The van der Waals surface area contributed by atoms with Crippen LogP contribution in [0.2, 0.25) is 0 Å². The number of hydrogen-bond donors (Lipinski definition) is 1. The fraction of sp³-hybridized carbons (Fsp3) is 0.571. The number of nitrogens with zero attached hydrogens (tertiary/aromatic N) is 2. The van der Waals surface area contributed by atoms with Crippen molar-refractivity contribution in [3.8, 4) is 0 Å². The van der Waals surface area contributed by atoms with Crippen molar-refractivity contribution < 1.29 is 4.84 Å². The predicted molar refractivity (Wildman–Crippen MR) is 70.0 cm³/mol. The standard InChI is InChI=1S/C14H19N3O/c15-13(12-3-1-2-9-16-12)11-4-6-14(7-5-11)8-10-17-18-14/h1-3,9-11,13H,4-8,15H2. The number of rotatable bonds is 2. The van der Waals surface area contributed by atoms with E-state index in [4.69, 9.17) is 10.6 Å². The molecule has 1 atom stereocenters. The predicted octanol–water partition coefficient (Wildman–Crippen LogP) is 2.42. The Labute approximate surface area is 107 Å². The van der Waals surface area contributed by atoms with Crippen molar-refractivity contribution in [3.63, 3.8) is 0 Å². The molecule has 3 rings (SSSR count). The molecule has 0 saturated heterocycles. The zero-order valence-corrected chi connectivity index (χ0v) is 10.5. The molecule has 4 nitrogen and oxygen atoms in total. The summed E-state index contributed by atoms with van der Waals surface area (Å²) in [7, 11) is 0. The second-order valence-corrected chi connectivity index (χ2v) is 5.38. The molecule has 0 bridgehead atoms. The van der Waals surface area contributed by atoms with E-state index in [1.165, 1.54) is 0 Å². The number of hydrogen-bond acceptors (Lipinski definition) is 4. The molecule has 18 heavy (non-hydrogen) atoms. The van der Waals surface area contributed by atoms with E-state index in [-0.39, 0.29) is 11.6 Å². The molecule has 2 aliphatic rings. The number of pyridine rings is 1. The molecule has 96 valence electrons. The summed E-state index contributed by atoms with van der Waals surface area (Å²) in [5, 5.41) is 3.92. The molecule has 0 amide bonds. The second kappa shape index (κ2) is 4.69. The molecule has 1 spiro atoms. The maximum atomic E-state index is 6.32. The molecule has 0 aromatic carbocycles. The van der Waals surface area contributed by atoms with Crippen LogP contribution in [0.4, 0.5) is 0 Å². The Morgan fingerprint density at radius 2 is 2.17 bits per heavy atom. The lowest BCUT2D eigenvalue weighted by molar-refractivity contribution is -0.0563. The average molecular weight is 245 g/mol. The molecule has 0 radical (unpaired) electrons. The van der Waals surface area contributed by atoms with E-state index in [1.807, 2.05) is 30.6 Å². The summed E-state index contributed by atoms with van der Waals surface area (Å²) in [6.45, 7) is 0. The largest absolute Gasteiger partial charge is 0.389 e. The van der Waals surface area contributed by atoms with Gasteiger partial charge < -0.3 is 10.6 Å². The Bertz CT molecular complexity index is 414. The number of nitrogens with two attached hydrogens (primary N) is 1. The quantitative estimate of drug-likeness (QED) is 0.870. The van der Waals surface area contributed by atoms with Gasteiger partial charge in [-0.25, -0.2) is 0 Å². The summed E-state index contributed by atoms with van der Waals surface area (Å²) in [5.74, 6) is 0.509. The van der Waals surface area contributed by atoms with Gasteiger partial charge in [-0.05, 0) is 43.7 Å². The minimum atomic E-state index is -0.0136. The zero-order chi connectivity index (χ0) is 12.4. The number of oxime groups is 1. The smallest absolute Gasteiger partial charge is 0.142 e. The molecule has 1 aliphatic carbocycles. The topological polar surface area (TPSA) is 60.5 Å². The van der Waals surface area contributed by atoms with Gasteiger partial charge in [-0.15, -0.1) is 0 Å². The SMILES string of the molecule is NC(c1ccccn1)C1CCC2(CC=NO2)CC1. The summed E-state index contributed by atoms with van der Waals surface area (Å²) < 4.78 is 0. The lowest BCUT2D eigenvalue weighted by Crippen LogP contribution is -2.36. The van der Waals surface area contributed by atoms with Gasteiger partial charge in [-0.3, -0.25) is 4.98 Å². The number of aromatic nitrogens is 1.